The average Bonchev–Trinajstić information content (AvgIpc) is 2.16. The van der Waals surface area contributed by atoms with E-state index in [9.17, 15) is 4.79 Å². The number of carbonyl (C=O) groups excluding carboxylic acids is 1. The van der Waals surface area contributed by atoms with Crippen LogP contribution in [0.25, 0.3) is 0 Å². The Balaban J connectivity index is 0. The second kappa shape index (κ2) is 8.33. The predicted molar refractivity (Wildman–Crippen MR) is 67.2 cm³/mol. The van der Waals surface area contributed by atoms with E-state index in [-0.39, 0.29) is 24.8 Å². The summed E-state index contributed by atoms with van der Waals surface area (Å²) < 4.78 is 4.53. The van der Waals surface area contributed by atoms with Crippen LogP contribution in [-0.4, -0.2) is 24.1 Å². The Morgan fingerprint density at radius 1 is 1.50 bits per heavy atom. The number of nitrogens with two attached hydrogens (primary N) is 1. The number of halogens is 2. The summed E-state index contributed by atoms with van der Waals surface area (Å²) in [6, 6.07) is 1.35. The quantitative estimate of drug-likeness (QED) is 0.838. The Morgan fingerprint density at radius 3 is 2.62 bits per heavy atom. The van der Waals surface area contributed by atoms with Crippen LogP contribution in [0.4, 0.5) is 0 Å². The van der Waals surface area contributed by atoms with Crippen molar-refractivity contribution in [2.24, 2.45) is 5.73 Å². The van der Waals surface area contributed by atoms with Gasteiger partial charge in [0.2, 0.25) is 0 Å². The number of aromatic nitrogens is 1. The van der Waals surface area contributed by atoms with Crippen molar-refractivity contribution in [3.05, 3.63) is 29.6 Å². The van der Waals surface area contributed by atoms with Crippen LogP contribution in [-0.2, 0) is 16.0 Å². The molecule has 1 heterocycles. The molecule has 0 aliphatic carbocycles. The van der Waals surface area contributed by atoms with E-state index in [2.05, 4.69) is 9.72 Å². The zero-order chi connectivity index (χ0) is 10.6. The SMILES string of the molecule is COC(=O)[C@H](N)Cc1cncc(C)c1.Cl.Cl. The number of aryl methyl sites for hydroxylation is 1. The fourth-order valence-electron chi connectivity index (χ4n) is 1.22. The molecule has 0 saturated carbocycles. The molecule has 1 aromatic rings. The molecule has 0 fully saturated rings. The molecule has 0 aliphatic rings. The Morgan fingerprint density at radius 2 is 2.12 bits per heavy atom. The molecule has 0 aliphatic heterocycles. The van der Waals surface area contributed by atoms with Crippen LogP contribution in [0.2, 0.25) is 0 Å². The van der Waals surface area contributed by atoms with Gasteiger partial charge in [0.25, 0.3) is 0 Å². The first kappa shape index (κ1) is 17.6. The molecule has 0 aromatic carbocycles. The number of carbonyl (C=O) groups is 1. The standard InChI is InChI=1S/C10H14N2O2.2ClH/c1-7-3-8(6-12-5-7)4-9(11)10(13)14-2;;/h3,5-6,9H,4,11H2,1-2H3;2*1H/t9-;;/m1../s1. The van der Waals surface area contributed by atoms with Crippen LogP contribution in [0.1, 0.15) is 11.1 Å². The van der Waals surface area contributed by atoms with E-state index < -0.39 is 12.0 Å². The van der Waals surface area contributed by atoms with E-state index in [1.54, 1.807) is 12.4 Å². The zero-order valence-electron chi connectivity index (χ0n) is 9.17. The number of esters is 1. The zero-order valence-corrected chi connectivity index (χ0v) is 10.8. The largest absolute Gasteiger partial charge is 0.468 e. The summed E-state index contributed by atoms with van der Waals surface area (Å²) in [6.45, 7) is 1.94. The minimum atomic E-state index is -0.608. The Labute approximate surface area is 107 Å². The number of nitrogens with zero attached hydrogens (tertiary/aromatic N) is 1. The first-order valence-corrected chi connectivity index (χ1v) is 4.37. The molecule has 92 valence electrons. The monoisotopic (exact) mass is 266 g/mol. The van der Waals surface area contributed by atoms with Gasteiger partial charge in [0, 0.05) is 12.4 Å². The van der Waals surface area contributed by atoms with E-state index in [0.717, 1.165) is 11.1 Å². The average molecular weight is 267 g/mol. The fraction of sp³-hybridized carbons (Fsp3) is 0.400. The minimum Gasteiger partial charge on any atom is -0.468 e. The molecule has 0 bridgehead atoms. The molecular formula is C10H16Cl2N2O2. The molecule has 1 rings (SSSR count). The second-order valence-corrected chi connectivity index (χ2v) is 3.20. The Bertz CT molecular complexity index is 334. The maximum Gasteiger partial charge on any atom is 0.322 e. The number of ether oxygens (including phenoxy) is 1. The maximum atomic E-state index is 11.0. The minimum absolute atomic E-state index is 0. The molecule has 0 amide bonds. The maximum absolute atomic E-state index is 11.0. The number of hydrogen-bond acceptors (Lipinski definition) is 4. The van der Waals surface area contributed by atoms with Crippen molar-refractivity contribution in [1.82, 2.24) is 4.98 Å². The summed E-state index contributed by atoms with van der Waals surface area (Å²) >= 11 is 0. The van der Waals surface area contributed by atoms with Crippen molar-refractivity contribution >= 4 is 30.8 Å². The first-order valence-electron chi connectivity index (χ1n) is 4.37. The lowest BCUT2D eigenvalue weighted by molar-refractivity contribution is -0.142. The van der Waals surface area contributed by atoms with E-state index in [0.29, 0.717) is 6.42 Å². The van der Waals surface area contributed by atoms with Crippen LogP contribution >= 0.6 is 24.8 Å². The van der Waals surface area contributed by atoms with Gasteiger partial charge in [-0.3, -0.25) is 9.78 Å². The third kappa shape index (κ3) is 5.30. The van der Waals surface area contributed by atoms with Crippen molar-refractivity contribution < 1.29 is 9.53 Å². The molecule has 0 unspecified atom stereocenters. The van der Waals surface area contributed by atoms with Gasteiger partial charge >= 0.3 is 5.97 Å². The first-order chi connectivity index (χ1) is 6.63. The Hall–Kier alpha value is -0.840. The lowest BCUT2D eigenvalue weighted by Gasteiger charge is -2.08. The fourth-order valence-corrected chi connectivity index (χ4v) is 1.22. The van der Waals surface area contributed by atoms with Crippen LogP contribution < -0.4 is 5.73 Å². The predicted octanol–water partition coefficient (Wildman–Crippen LogP) is 1.28. The number of rotatable bonds is 3. The highest BCUT2D eigenvalue weighted by molar-refractivity contribution is 5.85. The number of hydrogen-bond donors (Lipinski definition) is 1. The molecule has 0 spiro atoms. The van der Waals surface area contributed by atoms with Gasteiger partial charge < -0.3 is 10.5 Å². The van der Waals surface area contributed by atoms with Crippen molar-refractivity contribution in [3.8, 4) is 0 Å². The summed E-state index contributed by atoms with van der Waals surface area (Å²) in [7, 11) is 1.33. The van der Waals surface area contributed by atoms with Gasteiger partial charge in [-0.15, -0.1) is 24.8 Å². The van der Waals surface area contributed by atoms with Crippen LogP contribution in [0.3, 0.4) is 0 Å². The van der Waals surface area contributed by atoms with Gasteiger partial charge in [0.15, 0.2) is 0 Å². The molecule has 0 radical (unpaired) electrons. The van der Waals surface area contributed by atoms with E-state index >= 15 is 0 Å². The molecule has 6 heteroatoms. The normalized spacial score (nSPS) is 10.7. The van der Waals surface area contributed by atoms with Gasteiger partial charge in [-0.2, -0.15) is 0 Å². The van der Waals surface area contributed by atoms with Gasteiger partial charge in [0.05, 0.1) is 7.11 Å². The molecule has 16 heavy (non-hydrogen) atoms. The Kier molecular flexibility index (Phi) is 9.14. The van der Waals surface area contributed by atoms with Gasteiger partial charge in [0.1, 0.15) is 6.04 Å². The second-order valence-electron chi connectivity index (χ2n) is 3.20. The van der Waals surface area contributed by atoms with Crippen molar-refractivity contribution in [3.63, 3.8) is 0 Å². The molecule has 2 N–H and O–H groups in total. The lowest BCUT2D eigenvalue weighted by atomic mass is 10.1. The van der Waals surface area contributed by atoms with Gasteiger partial charge in [-0.05, 0) is 24.5 Å². The van der Waals surface area contributed by atoms with Crippen LogP contribution in [0.5, 0.6) is 0 Å². The lowest BCUT2D eigenvalue weighted by Crippen LogP contribution is -2.33. The highest BCUT2D eigenvalue weighted by Gasteiger charge is 2.14. The molecular weight excluding hydrogens is 251 g/mol. The van der Waals surface area contributed by atoms with Crippen molar-refractivity contribution in [2.75, 3.05) is 7.11 Å². The molecule has 1 aromatic heterocycles. The summed E-state index contributed by atoms with van der Waals surface area (Å²) in [5, 5.41) is 0. The van der Waals surface area contributed by atoms with Gasteiger partial charge in [-0.25, -0.2) is 0 Å². The topological polar surface area (TPSA) is 65.2 Å². The molecule has 0 saturated heterocycles. The smallest absolute Gasteiger partial charge is 0.322 e. The van der Waals surface area contributed by atoms with Crippen LogP contribution in [0.15, 0.2) is 18.5 Å². The highest BCUT2D eigenvalue weighted by atomic mass is 35.5. The molecule has 1 atom stereocenters. The van der Waals surface area contributed by atoms with E-state index in [1.165, 1.54) is 7.11 Å². The third-order valence-electron chi connectivity index (χ3n) is 1.89. The van der Waals surface area contributed by atoms with Crippen molar-refractivity contribution in [1.29, 1.82) is 0 Å². The van der Waals surface area contributed by atoms with Gasteiger partial charge in [-0.1, -0.05) is 6.07 Å². The summed E-state index contributed by atoms with van der Waals surface area (Å²) in [5.74, 6) is -0.397. The molecule has 4 nitrogen and oxygen atoms in total. The number of pyridine rings is 1. The van der Waals surface area contributed by atoms with E-state index in [4.69, 9.17) is 5.73 Å². The van der Waals surface area contributed by atoms with Crippen molar-refractivity contribution in [2.45, 2.75) is 19.4 Å². The van der Waals surface area contributed by atoms with E-state index in [1.807, 2.05) is 13.0 Å². The summed E-state index contributed by atoms with van der Waals surface area (Å²) in [6.07, 6.45) is 3.92. The summed E-state index contributed by atoms with van der Waals surface area (Å²) in [5.41, 5.74) is 7.61. The number of methoxy groups -OCH3 is 1. The summed E-state index contributed by atoms with van der Waals surface area (Å²) in [4.78, 5) is 15.0. The van der Waals surface area contributed by atoms with Crippen LogP contribution in [0, 0.1) is 6.92 Å². The highest BCUT2D eigenvalue weighted by Crippen LogP contribution is 2.04. The third-order valence-corrected chi connectivity index (χ3v) is 1.89.